The first kappa shape index (κ1) is 22.8. The number of likely N-dealkylation sites (tertiary alicyclic amines) is 1. The van der Waals surface area contributed by atoms with Gasteiger partial charge in [0.2, 0.25) is 5.91 Å². The van der Waals surface area contributed by atoms with Crippen LogP contribution in [0.5, 0.6) is 5.75 Å². The summed E-state index contributed by atoms with van der Waals surface area (Å²) in [6, 6.07) is 9.85. The molecule has 1 aliphatic rings. The van der Waals surface area contributed by atoms with E-state index < -0.39 is 6.04 Å². The SMILES string of the molecule is CCCNC(=O)[C@H](NC(=O)c1ccc(OC)cc1)C1CCN(C(=O)c2cccs2)CC1. The molecular formula is C23H29N3O4S. The predicted octanol–water partition coefficient (Wildman–Crippen LogP) is 2.93. The maximum atomic E-state index is 12.8. The fourth-order valence-electron chi connectivity index (χ4n) is 3.71. The minimum Gasteiger partial charge on any atom is -0.497 e. The molecule has 31 heavy (non-hydrogen) atoms. The van der Waals surface area contributed by atoms with Crippen molar-refractivity contribution < 1.29 is 19.1 Å². The van der Waals surface area contributed by atoms with Gasteiger partial charge in [-0.15, -0.1) is 11.3 Å². The Kier molecular flexibility index (Phi) is 8.06. The van der Waals surface area contributed by atoms with Crippen molar-refractivity contribution in [3.8, 4) is 5.75 Å². The average Bonchev–Trinajstić information content (AvgIpc) is 3.35. The normalized spacial score (nSPS) is 15.2. The third-order valence-electron chi connectivity index (χ3n) is 5.50. The molecular weight excluding hydrogens is 414 g/mol. The van der Waals surface area contributed by atoms with Gasteiger partial charge in [0.25, 0.3) is 11.8 Å². The first-order chi connectivity index (χ1) is 15.0. The lowest BCUT2D eigenvalue weighted by Gasteiger charge is -2.35. The number of methoxy groups -OCH3 is 1. The van der Waals surface area contributed by atoms with Crippen molar-refractivity contribution in [2.45, 2.75) is 32.2 Å². The molecule has 8 heteroatoms. The summed E-state index contributed by atoms with van der Waals surface area (Å²) in [6.45, 7) is 3.68. The molecule has 0 spiro atoms. The van der Waals surface area contributed by atoms with E-state index in [1.807, 2.05) is 29.3 Å². The molecule has 0 saturated carbocycles. The second kappa shape index (κ2) is 10.9. The number of amides is 3. The molecule has 2 heterocycles. The van der Waals surface area contributed by atoms with Crippen molar-refractivity contribution in [2.75, 3.05) is 26.7 Å². The molecule has 0 unspecified atom stereocenters. The van der Waals surface area contributed by atoms with Gasteiger partial charge in [0.15, 0.2) is 0 Å². The van der Waals surface area contributed by atoms with Crippen LogP contribution in [-0.4, -0.2) is 55.4 Å². The first-order valence-electron chi connectivity index (χ1n) is 10.6. The van der Waals surface area contributed by atoms with Gasteiger partial charge in [-0.1, -0.05) is 13.0 Å². The summed E-state index contributed by atoms with van der Waals surface area (Å²) in [6.07, 6.45) is 2.13. The molecule has 7 nitrogen and oxygen atoms in total. The lowest BCUT2D eigenvalue weighted by Crippen LogP contribution is -2.53. The fraction of sp³-hybridized carbons (Fsp3) is 0.435. The molecule has 3 rings (SSSR count). The highest BCUT2D eigenvalue weighted by Crippen LogP contribution is 2.24. The number of thiophene rings is 1. The van der Waals surface area contributed by atoms with Crippen LogP contribution in [0.3, 0.4) is 0 Å². The summed E-state index contributed by atoms with van der Waals surface area (Å²) < 4.78 is 5.14. The number of hydrogen-bond acceptors (Lipinski definition) is 5. The quantitative estimate of drug-likeness (QED) is 0.657. The highest BCUT2D eigenvalue weighted by Gasteiger charge is 2.34. The van der Waals surface area contributed by atoms with Crippen molar-refractivity contribution in [1.29, 1.82) is 0 Å². The Balaban J connectivity index is 1.66. The largest absolute Gasteiger partial charge is 0.497 e. The molecule has 166 valence electrons. The third-order valence-corrected chi connectivity index (χ3v) is 6.36. The summed E-state index contributed by atoms with van der Waals surface area (Å²) >= 11 is 1.43. The number of carbonyl (C=O) groups is 3. The van der Waals surface area contributed by atoms with Gasteiger partial charge in [-0.3, -0.25) is 14.4 Å². The Bertz CT molecular complexity index is 875. The van der Waals surface area contributed by atoms with E-state index >= 15 is 0 Å². The van der Waals surface area contributed by atoms with Gasteiger partial charge in [0.1, 0.15) is 11.8 Å². The van der Waals surface area contributed by atoms with Crippen LogP contribution in [0.4, 0.5) is 0 Å². The number of piperidine rings is 1. The zero-order chi connectivity index (χ0) is 22.2. The molecule has 0 bridgehead atoms. The summed E-state index contributed by atoms with van der Waals surface area (Å²) in [5.41, 5.74) is 0.472. The number of benzene rings is 1. The van der Waals surface area contributed by atoms with Crippen LogP contribution in [-0.2, 0) is 4.79 Å². The number of rotatable bonds is 8. The topological polar surface area (TPSA) is 87.7 Å². The smallest absolute Gasteiger partial charge is 0.263 e. The van der Waals surface area contributed by atoms with Crippen LogP contribution in [0.25, 0.3) is 0 Å². The van der Waals surface area contributed by atoms with Gasteiger partial charge < -0.3 is 20.3 Å². The van der Waals surface area contributed by atoms with E-state index in [1.165, 1.54) is 11.3 Å². The van der Waals surface area contributed by atoms with Gasteiger partial charge in [0, 0.05) is 25.2 Å². The van der Waals surface area contributed by atoms with E-state index in [-0.39, 0.29) is 23.6 Å². The van der Waals surface area contributed by atoms with E-state index in [0.29, 0.717) is 43.8 Å². The Labute approximate surface area is 186 Å². The highest BCUT2D eigenvalue weighted by molar-refractivity contribution is 7.12. The second-order valence-electron chi connectivity index (χ2n) is 7.58. The molecule has 2 aromatic rings. The Morgan fingerprint density at radius 2 is 1.87 bits per heavy atom. The number of ether oxygens (including phenoxy) is 1. The van der Waals surface area contributed by atoms with Gasteiger partial charge >= 0.3 is 0 Å². The second-order valence-corrected chi connectivity index (χ2v) is 8.53. The summed E-state index contributed by atoms with van der Waals surface area (Å²) in [4.78, 5) is 40.8. The van der Waals surface area contributed by atoms with Gasteiger partial charge in [-0.25, -0.2) is 0 Å². The number of hydrogen-bond donors (Lipinski definition) is 2. The van der Waals surface area contributed by atoms with Crippen LogP contribution in [0.15, 0.2) is 41.8 Å². The van der Waals surface area contributed by atoms with E-state index in [0.717, 1.165) is 11.3 Å². The van der Waals surface area contributed by atoms with E-state index in [4.69, 9.17) is 4.74 Å². The molecule has 1 fully saturated rings. The number of nitrogens with zero attached hydrogens (tertiary/aromatic N) is 1. The minimum atomic E-state index is -0.639. The van der Waals surface area contributed by atoms with E-state index in [9.17, 15) is 14.4 Å². The van der Waals surface area contributed by atoms with E-state index in [1.54, 1.807) is 31.4 Å². The molecule has 1 atom stereocenters. The molecule has 1 aliphatic heterocycles. The van der Waals surface area contributed by atoms with Crippen molar-refractivity contribution in [2.24, 2.45) is 5.92 Å². The molecule has 0 radical (unpaired) electrons. The zero-order valence-electron chi connectivity index (χ0n) is 17.9. The van der Waals surface area contributed by atoms with Crippen molar-refractivity contribution in [3.63, 3.8) is 0 Å². The van der Waals surface area contributed by atoms with Crippen molar-refractivity contribution >= 4 is 29.1 Å². The molecule has 1 aromatic heterocycles. The maximum Gasteiger partial charge on any atom is 0.263 e. The zero-order valence-corrected chi connectivity index (χ0v) is 18.7. The Morgan fingerprint density at radius 1 is 1.16 bits per heavy atom. The lowest BCUT2D eigenvalue weighted by atomic mass is 9.88. The van der Waals surface area contributed by atoms with Crippen LogP contribution < -0.4 is 15.4 Å². The van der Waals surface area contributed by atoms with Crippen LogP contribution in [0, 0.1) is 5.92 Å². The van der Waals surface area contributed by atoms with E-state index in [2.05, 4.69) is 10.6 Å². The van der Waals surface area contributed by atoms with Gasteiger partial charge in [-0.05, 0) is 60.9 Å². The summed E-state index contributed by atoms with van der Waals surface area (Å²) in [5.74, 6) is 0.189. The number of carbonyl (C=O) groups excluding carboxylic acids is 3. The lowest BCUT2D eigenvalue weighted by molar-refractivity contribution is -0.124. The maximum absolute atomic E-state index is 12.8. The molecule has 1 aromatic carbocycles. The monoisotopic (exact) mass is 443 g/mol. The molecule has 2 N–H and O–H groups in total. The average molecular weight is 444 g/mol. The minimum absolute atomic E-state index is 0.0303. The first-order valence-corrected chi connectivity index (χ1v) is 11.5. The predicted molar refractivity (Wildman–Crippen MR) is 120 cm³/mol. The Morgan fingerprint density at radius 3 is 2.45 bits per heavy atom. The highest BCUT2D eigenvalue weighted by atomic mass is 32.1. The van der Waals surface area contributed by atoms with Crippen molar-refractivity contribution in [1.82, 2.24) is 15.5 Å². The fourth-order valence-corrected chi connectivity index (χ4v) is 4.41. The molecule has 1 saturated heterocycles. The molecule has 3 amide bonds. The van der Waals surface area contributed by atoms with Crippen LogP contribution in [0.1, 0.15) is 46.2 Å². The Hall–Kier alpha value is -2.87. The van der Waals surface area contributed by atoms with Crippen molar-refractivity contribution in [3.05, 3.63) is 52.2 Å². The van der Waals surface area contributed by atoms with Gasteiger partial charge in [0.05, 0.1) is 12.0 Å². The van der Waals surface area contributed by atoms with Crippen LogP contribution in [0.2, 0.25) is 0 Å². The molecule has 0 aliphatic carbocycles. The number of nitrogens with one attached hydrogen (secondary N) is 2. The summed E-state index contributed by atoms with van der Waals surface area (Å²) in [5, 5.41) is 7.73. The van der Waals surface area contributed by atoms with Gasteiger partial charge in [-0.2, -0.15) is 0 Å². The summed E-state index contributed by atoms with van der Waals surface area (Å²) in [7, 11) is 1.57. The van der Waals surface area contributed by atoms with Crippen LogP contribution >= 0.6 is 11.3 Å². The third kappa shape index (κ3) is 5.85. The standard InChI is InChI=1S/C23H29N3O4S/c1-3-12-24-22(28)20(25-21(27)17-6-8-18(30-2)9-7-17)16-10-13-26(14-11-16)23(29)19-5-4-15-31-19/h4-9,15-16,20H,3,10-14H2,1-2H3,(H,24,28)(H,25,27)/t20-/m1/s1.